The van der Waals surface area contributed by atoms with Crippen molar-refractivity contribution < 1.29 is 4.92 Å². The van der Waals surface area contributed by atoms with E-state index in [0.29, 0.717) is 0 Å². The topological polar surface area (TPSA) is 43.1 Å². The standard InChI is InChI=1S/C11H9NO2.C4H10/c1-8-2-3-10-7-11(12(13)14)5-4-9(10)6-8;1-4(2)3/h2-7H,1H3;4H,1-3H3. The zero-order valence-electron chi connectivity index (χ0n) is 11.3. The Hall–Kier alpha value is -1.90. The van der Waals surface area contributed by atoms with Crippen LogP contribution in [0.4, 0.5) is 5.69 Å². The zero-order valence-corrected chi connectivity index (χ0v) is 11.3. The van der Waals surface area contributed by atoms with E-state index in [-0.39, 0.29) is 10.6 Å². The number of nitro groups is 1. The highest BCUT2D eigenvalue weighted by molar-refractivity contribution is 5.85. The summed E-state index contributed by atoms with van der Waals surface area (Å²) in [4.78, 5) is 10.1. The van der Waals surface area contributed by atoms with Crippen molar-refractivity contribution in [2.75, 3.05) is 0 Å². The van der Waals surface area contributed by atoms with Crippen LogP contribution in [0.15, 0.2) is 36.4 Å². The summed E-state index contributed by atoms with van der Waals surface area (Å²) in [6, 6.07) is 10.8. The van der Waals surface area contributed by atoms with Gasteiger partial charge in [0.15, 0.2) is 0 Å². The van der Waals surface area contributed by atoms with Crippen molar-refractivity contribution >= 4 is 16.5 Å². The molecule has 0 N–H and O–H groups in total. The normalized spacial score (nSPS) is 10.1. The maximum atomic E-state index is 10.5. The summed E-state index contributed by atoms with van der Waals surface area (Å²) in [5.74, 6) is 0.833. The van der Waals surface area contributed by atoms with Gasteiger partial charge in [-0.15, -0.1) is 0 Å². The molecule has 0 atom stereocenters. The molecule has 3 nitrogen and oxygen atoms in total. The summed E-state index contributed by atoms with van der Waals surface area (Å²) in [6.45, 7) is 8.50. The van der Waals surface area contributed by atoms with Crippen LogP contribution < -0.4 is 0 Å². The fraction of sp³-hybridized carbons (Fsp3) is 0.333. The first-order valence-corrected chi connectivity index (χ1v) is 6.05. The number of nitrogens with zero attached hydrogens (tertiary/aromatic N) is 1. The molecule has 0 aliphatic carbocycles. The zero-order chi connectivity index (χ0) is 13.7. The molecule has 0 radical (unpaired) electrons. The fourth-order valence-corrected chi connectivity index (χ4v) is 1.47. The number of aryl methyl sites for hydroxylation is 1. The van der Waals surface area contributed by atoms with Gasteiger partial charge in [0.2, 0.25) is 0 Å². The Bertz CT molecular complexity index is 544. The summed E-state index contributed by atoms with van der Waals surface area (Å²) < 4.78 is 0. The highest BCUT2D eigenvalue weighted by Gasteiger charge is 2.05. The van der Waals surface area contributed by atoms with E-state index in [9.17, 15) is 10.1 Å². The Balaban J connectivity index is 0.000000357. The molecule has 0 aliphatic rings. The summed E-state index contributed by atoms with van der Waals surface area (Å²) in [5.41, 5.74) is 1.30. The van der Waals surface area contributed by atoms with Crippen molar-refractivity contribution in [1.29, 1.82) is 0 Å². The number of hydrogen-bond donors (Lipinski definition) is 0. The second-order valence-corrected chi connectivity index (χ2v) is 5.02. The molecule has 0 bridgehead atoms. The summed E-state index contributed by atoms with van der Waals surface area (Å²) >= 11 is 0. The van der Waals surface area contributed by atoms with Gasteiger partial charge in [-0.25, -0.2) is 0 Å². The number of rotatable bonds is 1. The van der Waals surface area contributed by atoms with Gasteiger partial charge in [-0.3, -0.25) is 10.1 Å². The third-order valence-electron chi connectivity index (χ3n) is 2.19. The first-order valence-electron chi connectivity index (χ1n) is 6.05. The van der Waals surface area contributed by atoms with Crippen LogP contribution in [0.2, 0.25) is 0 Å². The van der Waals surface area contributed by atoms with E-state index in [0.717, 1.165) is 22.3 Å². The lowest BCUT2D eigenvalue weighted by Crippen LogP contribution is -1.87. The van der Waals surface area contributed by atoms with E-state index >= 15 is 0 Å². The molecule has 0 saturated carbocycles. The molecule has 0 unspecified atom stereocenters. The van der Waals surface area contributed by atoms with E-state index in [4.69, 9.17) is 0 Å². The Morgan fingerprint density at radius 3 is 2.06 bits per heavy atom. The van der Waals surface area contributed by atoms with Gasteiger partial charge in [-0.05, 0) is 29.7 Å². The molecular weight excluding hydrogens is 226 g/mol. The van der Waals surface area contributed by atoms with Gasteiger partial charge in [-0.1, -0.05) is 44.5 Å². The lowest BCUT2D eigenvalue weighted by molar-refractivity contribution is -0.384. The largest absolute Gasteiger partial charge is 0.270 e. The fourth-order valence-electron chi connectivity index (χ4n) is 1.47. The number of nitro benzene ring substituents is 1. The monoisotopic (exact) mass is 245 g/mol. The molecule has 2 aromatic rings. The van der Waals surface area contributed by atoms with E-state index in [1.807, 2.05) is 25.1 Å². The van der Waals surface area contributed by atoms with E-state index in [2.05, 4.69) is 20.8 Å². The number of non-ortho nitro benzene ring substituents is 1. The molecule has 0 amide bonds. The first kappa shape index (κ1) is 14.2. The Morgan fingerprint density at radius 2 is 1.50 bits per heavy atom. The molecule has 2 rings (SSSR count). The number of fused-ring (bicyclic) bond motifs is 1. The third kappa shape index (κ3) is 4.17. The Labute approximate surface area is 108 Å². The van der Waals surface area contributed by atoms with E-state index < -0.39 is 0 Å². The summed E-state index contributed by atoms with van der Waals surface area (Å²) in [7, 11) is 0. The van der Waals surface area contributed by atoms with Crippen LogP contribution in [0.5, 0.6) is 0 Å². The predicted octanol–water partition coefficient (Wildman–Crippen LogP) is 4.72. The molecule has 0 heterocycles. The molecule has 18 heavy (non-hydrogen) atoms. The van der Waals surface area contributed by atoms with Gasteiger partial charge in [-0.2, -0.15) is 0 Å². The maximum Gasteiger partial charge on any atom is 0.270 e. The minimum absolute atomic E-state index is 0.140. The van der Waals surface area contributed by atoms with Crippen molar-refractivity contribution in [3.8, 4) is 0 Å². The van der Waals surface area contributed by atoms with E-state index in [1.165, 1.54) is 6.07 Å². The van der Waals surface area contributed by atoms with Crippen molar-refractivity contribution in [3.05, 3.63) is 52.1 Å². The van der Waals surface area contributed by atoms with Crippen LogP contribution in [0, 0.1) is 23.0 Å². The van der Waals surface area contributed by atoms with Crippen LogP contribution in [0.3, 0.4) is 0 Å². The third-order valence-corrected chi connectivity index (χ3v) is 2.19. The summed E-state index contributed by atoms with van der Waals surface area (Å²) in [6.07, 6.45) is 0. The second-order valence-electron chi connectivity index (χ2n) is 5.02. The Morgan fingerprint density at radius 1 is 1.00 bits per heavy atom. The smallest absolute Gasteiger partial charge is 0.258 e. The number of benzene rings is 2. The van der Waals surface area contributed by atoms with E-state index in [1.54, 1.807) is 12.1 Å². The second kappa shape index (κ2) is 6.15. The SMILES string of the molecule is CC(C)C.Cc1ccc2cc([N+](=O)[O-])ccc2c1. The molecule has 0 aromatic heterocycles. The maximum absolute atomic E-state index is 10.5. The quantitative estimate of drug-likeness (QED) is 0.539. The lowest BCUT2D eigenvalue weighted by Gasteiger charge is -1.98. The highest BCUT2D eigenvalue weighted by Crippen LogP contribution is 2.21. The van der Waals surface area contributed by atoms with Gasteiger partial charge in [0.25, 0.3) is 5.69 Å². The molecule has 0 saturated heterocycles. The van der Waals surface area contributed by atoms with Crippen molar-refractivity contribution in [2.45, 2.75) is 27.7 Å². The van der Waals surface area contributed by atoms with Gasteiger partial charge in [0, 0.05) is 12.1 Å². The van der Waals surface area contributed by atoms with Crippen molar-refractivity contribution in [2.24, 2.45) is 5.92 Å². The molecule has 0 spiro atoms. The van der Waals surface area contributed by atoms with Crippen LogP contribution >= 0.6 is 0 Å². The van der Waals surface area contributed by atoms with Gasteiger partial charge in [0.1, 0.15) is 0 Å². The predicted molar refractivity (Wildman–Crippen MR) is 75.9 cm³/mol. The van der Waals surface area contributed by atoms with Crippen molar-refractivity contribution in [1.82, 2.24) is 0 Å². The minimum atomic E-state index is -0.376. The molecule has 0 fully saturated rings. The highest BCUT2D eigenvalue weighted by atomic mass is 16.6. The number of hydrogen-bond acceptors (Lipinski definition) is 2. The molecular formula is C15H19NO2. The Kier molecular flexibility index (Phi) is 4.84. The molecule has 0 aliphatic heterocycles. The molecule has 2 aromatic carbocycles. The average molecular weight is 245 g/mol. The minimum Gasteiger partial charge on any atom is -0.258 e. The lowest BCUT2D eigenvalue weighted by atomic mass is 10.1. The summed E-state index contributed by atoms with van der Waals surface area (Å²) in [5, 5.41) is 12.5. The van der Waals surface area contributed by atoms with Crippen LogP contribution in [-0.2, 0) is 0 Å². The molecule has 3 heteroatoms. The first-order chi connectivity index (χ1) is 8.40. The van der Waals surface area contributed by atoms with Crippen LogP contribution in [0.25, 0.3) is 10.8 Å². The van der Waals surface area contributed by atoms with Gasteiger partial charge in [0.05, 0.1) is 4.92 Å². The average Bonchev–Trinajstić information content (AvgIpc) is 2.27. The van der Waals surface area contributed by atoms with Crippen LogP contribution in [0.1, 0.15) is 26.3 Å². The van der Waals surface area contributed by atoms with Crippen molar-refractivity contribution in [3.63, 3.8) is 0 Å². The van der Waals surface area contributed by atoms with Crippen LogP contribution in [-0.4, -0.2) is 4.92 Å². The van der Waals surface area contributed by atoms with Gasteiger partial charge >= 0.3 is 0 Å². The molecule has 96 valence electrons. The van der Waals surface area contributed by atoms with Gasteiger partial charge < -0.3 is 0 Å².